The Hall–Kier alpha value is -3.84. The minimum absolute atomic E-state index is 0.193. The van der Waals surface area contributed by atoms with Gasteiger partial charge in [-0.1, -0.05) is 53.7 Å². The molecular formula is C28H22ClN3O4S2. The van der Waals surface area contributed by atoms with E-state index in [1.165, 1.54) is 0 Å². The van der Waals surface area contributed by atoms with Crippen LogP contribution in [-0.2, 0) is 11.4 Å². The lowest BCUT2D eigenvalue weighted by molar-refractivity contribution is -0.123. The van der Waals surface area contributed by atoms with Crippen LogP contribution in [0.3, 0.4) is 0 Å². The van der Waals surface area contributed by atoms with E-state index in [1.54, 1.807) is 54.6 Å². The number of carbonyl (C=O) groups excluding carboxylic acids is 2. The highest BCUT2D eigenvalue weighted by Gasteiger charge is 2.34. The van der Waals surface area contributed by atoms with Gasteiger partial charge >= 0.3 is 0 Å². The summed E-state index contributed by atoms with van der Waals surface area (Å²) in [4.78, 5) is 26.1. The Bertz CT molecular complexity index is 1500. The van der Waals surface area contributed by atoms with E-state index in [-0.39, 0.29) is 21.5 Å². The van der Waals surface area contributed by atoms with Gasteiger partial charge in [0.25, 0.3) is 11.8 Å². The first-order chi connectivity index (χ1) is 18.3. The van der Waals surface area contributed by atoms with Crippen molar-refractivity contribution in [2.75, 3.05) is 6.61 Å². The molecule has 3 aromatic carbocycles. The second kappa shape index (κ2) is 12.1. The molecule has 0 bridgehead atoms. The molecule has 7 nitrogen and oxygen atoms in total. The van der Waals surface area contributed by atoms with E-state index in [9.17, 15) is 14.9 Å². The van der Waals surface area contributed by atoms with Gasteiger partial charge in [-0.25, -0.2) is 0 Å². The lowest BCUT2D eigenvalue weighted by atomic mass is 10.1. The van der Waals surface area contributed by atoms with Crippen molar-refractivity contribution in [1.82, 2.24) is 10.4 Å². The van der Waals surface area contributed by atoms with E-state index in [1.807, 2.05) is 26.0 Å². The van der Waals surface area contributed by atoms with Crippen LogP contribution >= 0.6 is 35.6 Å². The third-order valence-corrected chi connectivity index (χ3v) is 7.08. The molecule has 0 atom stereocenters. The number of hydrazine groups is 1. The zero-order chi connectivity index (χ0) is 27.2. The highest BCUT2D eigenvalue weighted by atomic mass is 35.5. The fourth-order valence-corrected chi connectivity index (χ4v) is 5.09. The van der Waals surface area contributed by atoms with Crippen LogP contribution in [0.1, 0.15) is 39.5 Å². The molecule has 0 unspecified atom stereocenters. The molecule has 0 aromatic heterocycles. The Morgan fingerprint density at radius 3 is 2.68 bits per heavy atom. The summed E-state index contributed by atoms with van der Waals surface area (Å²) >= 11 is 12.6. The Labute approximate surface area is 235 Å². The normalized spacial score (nSPS) is 13.9. The molecule has 4 rings (SSSR count). The minimum Gasteiger partial charge on any atom is -0.490 e. The van der Waals surface area contributed by atoms with Crippen LogP contribution in [0.4, 0.5) is 0 Å². The molecule has 0 radical (unpaired) electrons. The molecule has 10 heteroatoms. The van der Waals surface area contributed by atoms with Crippen molar-refractivity contribution in [3.05, 3.63) is 98.4 Å². The van der Waals surface area contributed by atoms with Crippen LogP contribution in [0.2, 0.25) is 5.02 Å². The number of aryl methyl sites for hydroxylation is 1. The van der Waals surface area contributed by atoms with Gasteiger partial charge in [-0.05, 0) is 73.6 Å². The van der Waals surface area contributed by atoms with Gasteiger partial charge in [0.1, 0.15) is 6.61 Å². The average molecular weight is 564 g/mol. The molecule has 1 aliphatic heterocycles. The number of nitrogens with zero attached hydrogens (tertiary/aromatic N) is 2. The van der Waals surface area contributed by atoms with E-state index >= 15 is 0 Å². The molecule has 3 aromatic rings. The lowest BCUT2D eigenvalue weighted by Gasteiger charge is -2.16. The first-order valence-electron chi connectivity index (χ1n) is 11.5. The fourth-order valence-electron chi connectivity index (χ4n) is 3.59. The number of rotatable bonds is 8. The van der Waals surface area contributed by atoms with E-state index in [2.05, 4.69) is 11.5 Å². The maximum Gasteiger partial charge on any atom is 0.285 e. The summed E-state index contributed by atoms with van der Waals surface area (Å²) in [6, 6.07) is 19.7. The predicted octanol–water partition coefficient (Wildman–Crippen LogP) is 6.04. The highest BCUT2D eigenvalue weighted by molar-refractivity contribution is 8.26. The first-order valence-corrected chi connectivity index (χ1v) is 13.1. The molecule has 0 spiro atoms. The quantitative estimate of drug-likeness (QED) is 0.264. The van der Waals surface area contributed by atoms with Crippen LogP contribution in [0.15, 0.2) is 65.6 Å². The molecule has 1 fully saturated rings. The summed E-state index contributed by atoms with van der Waals surface area (Å²) in [5.74, 6) is 0.00801. The maximum atomic E-state index is 13.0. The van der Waals surface area contributed by atoms with Crippen LogP contribution in [0.25, 0.3) is 6.08 Å². The van der Waals surface area contributed by atoms with Crippen molar-refractivity contribution < 1.29 is 19.1 Å². The number of amides is 2. The van der Waals surface area contributed by atoms with Crippen molar-refractivity contribution in [3.63, 3.8) is 0 Å². The fraction of sp³-hybridized carbons (Fsp3) is 0.143. The van der Waals surface area contributed by atoms with Gasteiger partial charge in [0.2, 0.25) is 0 Å². The van der Waals surface area contributed by atoms with E-state index in [0.29, 0.717) is 34.1 Å². The molecule has 0 saturated carbocycles. The Kier molecular flexibility index (Phi) is 8.69. The van der Waals surface area contributed by atoms with Crippen molar-refractivity contribution in [3.8, 4) is 17.6 Å². The first kappa shape index (κ1) is 27.2. The molecule has 0 aliphatic carbocycles. The topological polar surface area (TPSA) is 91.7 Å². The number of benzene rings is 3. The SMILES string of the molecule is CCOc1cc(/C=C2/SC(=S)N(NC(=O)c3ccc(C)cc3Cl)C2=O)ccc1OCc1ccccc1C#N. The molecule has 192 valence electrons. The summed E-state index contributed by atoms with van der Waals surface area (Å²) in [7, 11) is 0. The Morgan fingerprint density at radius 1 is 1.16 bits per heavy atom. The van der Waals surface area contributed by atoms with Gasteiger partial charge in [0.05, 0.1) is 33.7 Å². The Balaban J connectivity index is 1.50. The zero-order valence-corrected chi connectivity index (χ0v) is 22.9. The predicted molar refractivity (Wildman–Crippen MR) is 152 cm³/mol. The summed E-state index contributed by atoms with van der Waals surface area (Å²) in [6.07, 6.45) is 1.67. The highest BCUT2D eigenvalue weighted by Crippen LogP contribution is 2.35. The van der Waals surface area contributed by atoms with Gasteiger partial charge in [-0.15, -0.1) is 0 Å². The number of halogens is 1. The molecular weight excluding hydrogens is 542 g/mol. The minimum atomic E-state index is -0.536. The number of hydrogen-bond acceptors (Lipinski definition) is 7. The second-order valence-corrected chi connectivity index (χ2v) is 10.2. The van der Waals surface area contributed by atoms with Crippen LogP contribution in [0, 0.1) is 18.3 Å². The van der Waals surface area contributed by atoms with E-state index in [0.717, 1.165) is 27.9 Å². The van der Waals surface area contributed by atoms with Crippen molar-refractivity contribution >= 4 is 57.8 Å². The molecule has 1 saturated heterocycles. The molecule has 1 heterocycles. The van der Waals surface area contributed by atoms with Gasteiger partial charge in [-0.3, -0.25) is 15.0 Å². The number of nitrogens with one attached hydrogen (secondary N) is 1. The van der Waals surface area contributed by atoms with Crippen molar-refractivity contribution in [1.29, 1.82) is 5.26 Å². The van der Waals surface area contributed by atoms with Gasteiger partial charge in [-0.2, -0.15) is 10.3 Å². The standard InChI is InChI=1S/C28H22ClN3O4S2/c1-3-35-24-13-18(9-11-23(24)36-16-20-7-5-4-6-19(20)15-30)14-25-27(34)32(28(37)38-25)31-26(33)21-10-8-17(2)12-22(21)29/h4-14H,3,16H2,1-2H3,(H,31,33)/b25-14+. The monoisotopic (exact) mass is 563 g/mol. The molecule has 38 heavy (non-hydrogen) atoms. The van der Waals surface area contributed by atoms with Crippen LogP contribution < -0.4 is 14.9 Å². The van der Waals surface area contributed by atoms with Gasteiger partial charge < -0.3 is 9.47 Å². The lowest BCUT2D eigenvalue weighted by Crippen LogP contribution is -2.44. The smallest absolute Gasteiger partial charge is 0.285 e. The molecule has 2 amide bonds. The van der Waals surface area contributed by atoms with E-state index < -0.39 is 11.8 Å². The maximum absolute atomic E-state index is 13.0. The van der Waals surface area contributed by atoms with Crippen LogP contribution in [-0.4, -0.2) is 27.8 Å². The van der Waals surface area contributed by atoms with E-state index in [4.69, 9.17) is 33.3 Å². The largest absolute Gasteiger partial charge is 0.490 e. The summed E-state index contributed by atoms with van der Waals surface area (Å²) in [6.45, 7) is 4.33. The second-order valence-electron chi connectivity index (χ2n) is 8.14. The summed E-state index contributed by atoms with van der Waals surface area (Å²) < 4.78 is 11.9. The summed E-state index contributed by atoms with van der Waals surface area (Å²) in [5.41, 5.74) is 5.69. The van der Waals surface area contributed by atoms with Gasteiger partial charge in [0, 0.05) is 5.56 Å². The number of hydrogen-bond donors (Lipinski definition) is 1. The van der Waals surface area contributed by atoms with Crippen LogP contribution in [0.5, 0.6) is 11.5 Å². The van der Waals surface area contributed by atoms with Crippen molar-refractivity contribution in [2.24, 2.45) is 0 Å². The summed E-state index contributed by atoms with van der Waals surface area (Å²) in [5, 5.41) is 10.6. The third kappa shape index (κ3) is 6.17. The number of carbonyl (C=O) groups is 2. The average Bonchev–Trinajstić information content (AvgIpc) is 3.15. The van der Waals surface area contributed by atoms with Crippen molar-refractivity contribution in [2.45, 2.75) is 20.5 Å². The molecule has 1 N–H and O–H groups in total. The van der Waals surface area contributed by atoms with Gasteiger partial charge in [0.15, 0.2) is 15.8 Å². The number of nitriles is 1. The third-order valence-electron chi connectivity index (χ3n) is 5.46. The number of thiocarbonyl (C=S) groups is 1. The zero-order valence-electron chi connectivity index (χ0n) is 20.5. The Morgan fingerprint density at radius 2 is 1.95 bits per heavy atom. The number of ether oxygens (including phenoxy) is 2. The number of thioether (sulfide) groups is 1. The molecule has 1 aliphatic rings.